The molecule has 0 atom stereocenters. The van der Waals surface area contributed by atoms with Crippen LogP contribution in [0.3, 0.4) is 0 Å². The molecule has 1 fully saturated rings. The maximum absolute atomic E-state index is 12.4. The second-order valence-corrected chi connectivity index (χ2v) is 10.3. The van der Waals surface area contributed by atoms with Crippen molar-refractivity contribution in [2.45, 2.75) is 37.6 Å². The largest absolute Gasteiger partial charge is 0.351 e. The Morgan fingerprint density at radius 2 is 1.79 bits per heavy atom. The zero-order valence-electron chi connectivity index (χ0n) is 18.8. The minimum absolute atomic E-state index is 0.0731. The molecule has 0 aliphatic carbocycles. The summed E-state index contributed by atoms with van der Waals surface area (Å²) in [7, 11) is 0. The van der Waals surface area contributed by atoms with Crippen LogP contribution in [-0.2, 0) is 11.3 Å². The molecule has 2 amide bonds. The van der Waals surface area contributed by atoms with Gasteiger partial charge >= 0.3 is 0 Å². The maximum Gasteiger partial charge on any atom is 0.253 e. The Labute approximate surface area is 202 Å². The van der Waals surface area contributed by atoms with Crippen LogP contribution in [-0.4, -0.2) is 45.8 Å². The van der Waals surface area contributed by atoms with Gasteiger partial charge in [-0.15, -0.1) is 10.2 Å². The lowest BCUT2D eigenvalue weighted by Gasteiger charge is -2.15. The van der Waals surface area contributed by atoms with Crippen LogP contribution in [0.25, 0.3) is 0 Å². The topological polar surface area (TPSA) is 87.2 Å². The van der Waals surface area contributed by atoms with Gasteiger partial charge in [0.05, 0.1) is 5.75 Å². The van der Waals surface area contributed by atoms with E-state index in [9.17, 15) is 9.59 Å². The molecule has 0 saturated carbocycles. The number of nitrogens with zero attached hydrogens (tertiary/aromatic N) is 3. The normalized spacial score (nSPS) is 13.2. The first kappa shape index (κ1) is 23.3. The van der Waals surface area contributed by atoms with Crippen molar-refractivity contribution in [2.75, 3.05) is 24.2 Å². The smallest absolute Gasteiger partial charge is 0.253 e. The average molecular weight is 482 g/mol. The zero-order valence-corrected chi connectivity index (χ0v) is 20.4. The predicted molar refractivity (Wildman–Crippen MR) is 133 cm³/mol. The van der Waals surface area contributed by atoms with E-state index in [-0.39, 0.29) is 17.6 Å². The number of nitrogens with one attached hydrogen (secondary N) is 2. The number of likely N-dealkylation sites (tertiary alicyclic amines) is 1. The highest BCUT2D eigenvalue weighted by Gasteiger charge is 2.19. The van der Waals surface area contributed by atoms with E-state index < -0.39 is 0 Å². The number of hydrogen-bond donors (Lipinski definition) is 2. The lowest BCUT2D eigenvalue weighted by atomic mass is 10.1. The van der Waals surface area contributed by atoms with Crippen LogP contribution in [0.2, 0.25) is 0 Å². The Balaban J connectivity index is 1.21. The van der Waals surface area contributed by atoms with Crippen molar-refractivity contribution in [2.24, 2.45) is 0 Å². The summed E-state index contributed by atoms with van der Waals surface area (Å²) in [6.07, 6.45) is 2.16. The highest BCUT2D eigenvalue weighted by atomic mass is 32.2. The third-order valence-corrected chi connectivity index (χ3v) is 7.55. The van der Waals surface area contributed by atoms with E-state index in [1.807, 2.05) is 35.2 Å². The molecule has 33 heavy (non-hydrogen) atoms. The van der Waals surface area contributed by atoms with Gasteiger partial charge in [0.2, 0.25) is 11.0 Å². The van der Waals surface area contributed by atoms with Gasteiger partial charge in [0.25, 0.3) is 5.91 Å². The number of carbonyl (C=O) groups is 2. The number of aryl methyl sites for hydroxylation is 2. The number of hydrogen-bond acceptors (Lipinski definition) is 7. The molecule has 1 aliphatic rings. The lowest BCUT2D eigenvalue weighted by Crippen LogP contribution is -2.27. The fraction of sp³-hybridized carbons (Fsp3) is 0.333. The monoisotopic (exact) mass is 481 g/mol. The van der Waals surface area contributed by atoms with Crippen LogP contribution >= 0.6 is 23.1 Å². The van der Waals surface area contributed by atoms with Gasteiger partial charge in [-0.25, -0.2) is 0 Å². The fourth-order valence-corrected chi connectivity index (χ4v) is 5.11. The van der Waals surface area contributed by atoms with Gasteiger partial charge in [0.15, 0.2) is 4.34 Å². The molecule has 2 heterocycles. The number of benzene rings is 2. The SMILES string of the molecule is Cc1ccc(Nc2nnc(SCC(=O)NCc3ccc(C(=O)N4CCCC4)cc3)s2)cc1C. The van der Waals surface area contributed by atoms with E-state index in [2.05, 4.69) is 46.8 Å². The maximum atomic E-state index is 12.4. The minimum Gasteiger partial charge on any atom is -0.351 e. The average Bonchev–Trinajstić information content (AvgIpc) is 3.51. The van der Waals surface area contributed by atoms with E-state index in [1.54, 1.807) is 0 Å². The summed E-state index contributed by atoms with van der Waals surface area (Å²) in [5, 5.41) is 15.2. The van der Waals surface area contributed by atoms with Gasteiger partial charge in [0.1, 0.15) is 0 Å². The van der Waals surface area contributed by atoms with Crippen molar-refractivity contribution in [3.8, 4) is 0 Å². The summed E-state index contributed by atoms with van der Waals surface area (Å²) >= 11 is 2.79. The molecule has 1 aromatic heterocycles. The summed E-state index contributed by atoms with van der Waals surface area (Å²) in [4.78, 5) is 26.6. The highest BCUT2D eigenvalue weighted by Crippen LogP contribution is 2.28. The minimum atomic E-state index is -0.0731. The Hall–Kier alpha value is -2.91. The second-order valence-electron chi connectivity index (χ2n) is 8.06. The number of carbonyl (C=O) groups excluding carboxylic acids is 2. The standard InChI is InChI=1S/C24H27N5O2S2/c1-16-5-10-20(13-17(16)2)26-23-27-28-24(33-23)32-15-21(30)25-14-18-6-8-19(9-7-18)22(31)29-11-3-4-12-29/h5-10,13H,3-4,11-12,14-15H2,1-2H3,(H,25,30)(H,26,27). The molecular formula is C24H27N5O2S2. The molecule has 9 heteroatoms. The molecule has 1 aliphatic heterocycles. The summed E-state index contributed by atoms with van der Waals surface area (Å²) in [5.74, 6) is 0.281. The predicted octanol–water partition coefficient (Wildman–Crippen LogP) is 4.54. The number of amides is 2. The quantitative estimate of drug-likeness (QED) is 0.459. The van der Waals surface area contributed by atoms with Crippen LogP contribution in [0.4, 0.5) is 10.8 Å². The molecule has 0 spiro atoms. The van der Waals surface area contributed by atoms with Gasteiger partial charge < -0.3 is 15.5 Å². The summed E-state index contributed by atoms with van der Waals surface area (Å²) in [6.45, 7) is 6.25. The Morgan fingerprint density at radius 1 is 1.03 bits per heavy atom. The van der Waals surface area contributed by atoms with E-state index in [1.165, 1.54) is 34.2 Å². The number of rotatable bonds is 8. The zero-order chi connectivity index (χ0) is 23.2. The number of anilines is 2. The van der Waals surface area contributed by atoms with Crippen molar-refractivity contribution in [1.82, 2.24) is 20.4 Å². The van der Waals surface area contributed by atoms with E-state index in [0.717, 1.165) is 41.5 Å². The highest BCUT2D eigenvalue weighted by molar-refractivity contribution is 8.01. The summed E-state index contributed by atoms with van der Waals surface area (Å²) < 4.78 is 0.737. The van der Waals surface area contributed by atoms with Gasteiger partial charge in [-0.3, -0.25) is 9.59 Å². The van der Waals surface area contributed by atoms with E-state index in [0.29, 0.717) is 17.2 Å². The molecule has 0 radical (unpaired) electrons. The third-order valence-electron chi connectivity index (χ3n) is 5.58. The van der Waals surface area contributed by atoms with Gasteiger partial charge in [0, 0.05) is 30.9 Å². The first-order chi connectivity index (χ1) is 16.0. The molecule has 7 nitrogen and oxygen atoms in total. The van der Waals surface area contributed by atoms with E-state index in [4.69, 9.17) is 0 Å². The second kappa shape index (κ2) is 10.8. The Bertz CT molecular complexity index is 1120. The van der Waals surface area contributed by atoms with Crippen LogP contribution in [0.1, 0.15) is 39.9 Å². The van der Waals surface area contributed by atoms with E-state index >= 15 is 0 Å². The van der Waals surface area contributed by atoms with Crippen molar-refractivity contribution in [3.63, 3.8) is 0 Å². The molecule has 0 bridgehead atoms. The number of thioether (sulfide) groups is 1. The van der Waals surface area contributed by atoms with Gasteiger partial charge in [-0.05, 0) is 67.6 Å². The van der Waals surface area contributed by atoms with Crippen LogP contribution in [0.15, 0.2) is 46.8 Å². The Kier molecular flexibility index (Phi) is 7.61. The molecule has 172 valence electrons. The lowest BCUT2D eigenvalue weighted by molar-refractivity contribution is -0.118. The third kappa shape index (κ3) is 6.33. The molecule has 0 unspecified atom stereocenters. The molecular weight excluding hydrogens is 454 g/mol. The van der Waals surface area contributed by atoms with Gasteiger partial charge in [-0.1, -0.05) is 41.3 Å². The molecule has 2 aromatic carbocycles. The Morgan fingerprint density at radius 3 is 2.52 bits per heavy atom. The van der Waals surface area contributed by atoms with Gasteiger partial charge in [-0.2, -0.15) is 0 Å². The molecule has 2 N–H and O–H groups in total. The molecule has 1 saturated heterocycles. The summed E-state index contributed by atoms with van der Waals surface area (Å²) in [6, 6.07) is 13.6. The first-order valence-electron chi connectivity index (χ1n) is 10.9. The number of aromatic nitrogens is 2. The van der Waals surface area contributed by atoms with Crippen LogP contribution in [0.5, 0.6) is 0 Å². The first-order valence-corrected chi connectivity index (χ1v) is 12.7. The van der Waals surface area contributed by atoms with Crippen molar-refractivity contribution in [1.29, 1.82) is 0 Å². The van der Waals surface area contributed by atoms with Crippen LogP contribution in [0, 0.1) is 13.8 Å². The van der Waals surface area contributed by atoms with Crippen molar-refractivity contribution >= 4 is 45.7 Å². The fourth-order valence-electron chi connectivity index (χ4n) is 3.51. The molecule has 4 rings (SSSR count). The van der Waals surface area contributed by atoms with Crippen molar-refractivity contribution in [3.05, 3.63) is 64.7 Å². The van der Waals surface area contributed by atoms with Crippen molar-refractivity contribution < 1.29 is 9.59 Å². The van der Waals surface area contributed by atoms with Crippen LogP contribution < -0.4 is 10.6 Å². The summed E-state index contributed by atoms with van der Waals surface area (Å²) in [5.41, 5.74) is 5.08. The molecule has 3 aromatic rings.